The summed E-state index contributed by atoms with van der Waals surface area (Å²) in [7, 11) is -3.85. The molecule has 24 heavy (non-hydrogen) atoms. The number of nitrogens with one attached hydrogen (secondary N) is 1. The highest BCUT2D eigenvalue weighted by Gasteiger charge is 2.13. The normalized spacial score (nSPS) is 12.5. The van der Waals surface area contributed by atoms with Crippen LogP contribution in [-0.4, -0.2) is 14.4 Å². The molecule has 0 saturated carbocycles. The van der Waals surface area contributed by atoms with E-state index in [2.05, 4.69) is 9.71 Å². The fourth-order valence-corrected chi connectivity index (χ4v) is 3.21. The SMILES string of the molecule is Cc1ccc(S(=O)(=O)N=C(N)Nc2ccc3oc(C)cc3c2)cc1. The second-order valence-electron chi connectivity index (χ2n) is 5.50. The average Bonchev–Trinajstić information content (AvgIpc) is 2.86. The number of hydrogen-bond acceptors (Lipinski definition) is 3. The number of nitrogens with zero attached hydrogens (tertiary/aromatic N) is 1. The minimum atomic E-state index is -3.85. The van der Waals surface area contributed by atoms with Gasteiger partial charge in [-0.15, -0.1) is 4.40 Å². The average molecular weight is 343 g/mol. The van der Waals surface area contributed by atoms with Crippen molar-refractivity contribution in [3.8, 4) is 0 Å². The number of anilines is 1. The summed E-state index contributed by atoms with van der Waals surface area (Å²) in [5, 5.41) is 3.68. The number of fused-ring (bicyclic) bond motifs is 1. The zero-order chi connectivity index (χ0) is 17.3. The van der Waals surface area contributed by atoms with Gasteiger partial charge in [0.1, 0.15) is 11.3 Å². The second kappa shape index (κ2) is 6.01. The molecule has 6 nitrogen and oxygen atoms in total. The summed E-state index contributed by atoms with van der Waals surface area (Å²) in [4.78, 5) is 0.0961. The first-order valence-corrected chi connectivity index (χ1v) is 8.72. The number of hydrogen-bond donors (Lipinski definition) is 2. The maximum Gasteiger partial charge on any atom is 0.285 e. The van der Waals surface area contributed by atoms with Gasteiger partial charge in [0, 0.05) is 11.1 Å². The van der Waals surface area contributed by atoms with E-state index < -0.39 is 10.0 Å². The van der Waals surface area contributed by atoms with E-state index in [1.165, 1.54) is 12.1 Å². The lowest BCUT2D eigenvalue weighted by molar-refractivity contribution is 0.578. The van der Waals surface area contributed by atoms with Crippen molar-refractivity contribution in [1.82, 2.24) is 0 Å². The fourth-order valence-electron chi connectivity index (χ4n) is 2.32. The van der Waals surface area contributed by atoms with Crippen LogP contribution >= 0.6 is 0 Å². The van der Waals surface area contributed by atoms with E-state index in [-0.39, 0.29) is 10.9 Å². The Hall–Kier alpha value is -2.80. The van der Waals surface area contributed by atoms with E-state index in [9.17, 15) is 8.42 Å². The summed E-state index contributed by atoms with van der Waals surface area (Å²) in [5.41, 5.74) is 8.09. The Morgan fingerprint density at radius 2 is 1.79 bits per heavy atom. The largest absolute Gasteiger partial charge is 0.461 e. The molecule has 0 fully saturated rings. The van der Waals surface area contributed by atoms with Crippen LogP contribution in [0, 0.1) is 13.8 Å². The van der Waals surface area contributed by atoms with Crippen molar-refractivity contribution in [2.24, 2.45) is 10.1 Å². The lowest BCUT2D eigenvalue weighted by atomic mass is 10.2. The first-order chi connectivity index (χ1) is 11.3. The van der Waals surface area contributed by atoms with Crippen LogP contribution in [0.1, 0.15) is 11.3 Å². The second-order valence-corrected chi connectivity index (χ2v) is 7.10. The molecule has 3 N–H and O–H groups in total. The molecule has 124 valence electrons. The lowest BCUT2D eigenvalue weighted by Crippen LogP contribution is -2.24. The quantitative estimate of drug-likeness (QED) is 0.562. The predicted molar refractivity (Wildman–Crippen MR) is 94.6 cm³/mol. The van der Waals surface area contributed by atoms with Gasteiger partial charge >= 0.3 is 0 Å². The summed E-state index contributed by atoms with van der Waals surface area (Å²) < 4.78 is 33.6. The molecule has 0 aliphatic heterocycles. The van der Waals surface area contributed by atoms with Crippen LogP contribution in [0.5, 0.6) is 0 Å². The molecule has 0 atom stereocenters. The molecule has 0 bridgehead atoms. The van der Waals surface area contributed by atoms with Gasteiger partial charge in [0.25, 0.3) is 10.0 Å². The van der Waals surface area contributed by atoms with Crippen LogP contribution in [0.25, 0.3) is 11.0 Å². The molecule has 0 aliphatic rings. The van der Waals surface area contributed by atoms with E-state index in [0.717, 1.165) is 22.3 Å². The molecule has 0 saturated heterocycles. The summed E-state index contributed by atoms with van der Waals surface area (Å²) in [6, 6.07) is 13.6. The highest BCUT2D eigenvalue weighted by molar-refractivity contribution is 7.90. The third-order valence-corrected chi connectivity index (χ3v) is 4.75. The summed E-state index contributed by atoms with van der Waals surface area (Å²) in [6.07, 6.45) is 0. The highest BCUT2D eigenvalue weighted by atomic mass is 32.2. The number of nitrogens with two attached hydrogens (primary N) is 1. The molecule has 0 radical (unpaired) electrons. The Kier molecular flexibility index (Phi) is 4.02. The third-order valence-electron chi connectivity index (χ3n) is 3.45. The molecule has 3 aromatic rings. The third kappa shape index (κ3) is 3.41. The number of aryl methyl sites for hydroxylation is 2. The van der Waals surface area contributed by atoms with E-state index in [0.29, 0.717) is 5.69 Å². The van der Waals surface area contributed by atoms with Gasteiger partial charge in [-0.2, -0.15) is 8.42 Å². The van der Waals surface area contributed by atoms with Gasteiger partial charge in [-0.3, -0.25) is 0 Å². The monoisotopic (exact) mass is 343 g/mol. The van der Waals surface area contributed by atoms with Crippen molar-refractivity contribution in [2.45, 2.75) is 18.7 Å². The molecule has 7 heteroatoms. The Morgan fingerprint density at radius 3 is 2.50 bits per heavy atom. The standard InChI is InChI=1S/C17H17N3O3S/c1-11-3-6-15(7-4-11)24(21,22)20-17(18)19-14-5-8-16-13(10-14)9-12(2)23-16/h3-10H,1-2H3,(H3,18,19,20). The topological polar surface area (TPSA) is 97.7 Å². The molecular weight excluding hydrogens is 326 g/mol. The van der Waals surface area contributed by atoms with E-state index in [1.807, 2.05) is 26.0 Å². The van der Waals surface area contributed by atoms with Crippen molar-refractivity contribution < 1.29 is 12.8 Å². The van der Waals surface area contributed by atoms with Crippen LogP contribution in [0.15, 0.2) is 62.2 Å². The first-order valence-electron chi connectivity index (χ1n) is 7.28. The predicted octanol–water partition coefficient (Wildman–Crippen LogP) is 3.17. The Bertz CT molecular complexity index is 1020. The molecular formula is C17H17N3O3S. The summed E-state index contributed by atoms with van der Waals surface area (Å²) >= 11 is 0. The van der Waals surface area contributed by atoms with Gasteiger partial charge in [0.2, 0.25) is 5.96 Å². The van der Waals surface area contributed by atoms with E-state index >= 15 is 0 Å². The molecule has 0 spiro atoms. The maximum absolute atomic E-state index is 12.2. The van der Waals surface area contributed by atoms with Gasteiger partial charge in [-0.05, 0) is 50.2 Å². The molecule has 1 heterocycles. The van der Waals surface area contributed by atoms with Gasteiger partial charge < -0.3 is 15.5 Å². The van der Waals surface area contributed by atoms with Crippen molar-refractivity contribution >= 4 is 32.6 Å². The first kappa shape index (κ1) is 16.1. The number of rotatable bonds is 3. The van der Waals surface area contributed by atoms with Crippen LogP contribution in [0.2, 0.25) is 0 Å². The Labute approximate surface area is 140 Å². The van der Waals surface area contributed by atoms with Crippen LogP contribution in [-0.2, 0) is 10.0 Å². The molecule has 0 amide bonds. The molecule has 0 unspecified atom stereocenters. The minimum Gasteiger partial charge on any atom is -0.461 e. The van der Waals surface area contributed by atoms with Crippen molar-refractivity contribution in [1.29, 1.82) is 0 Å². The number of guanidine groups is 1. The smallest absolute Gasteiger partial charge is 0.285 e. The van der Waals surface area contributed by atoms with Crippen molar-refractivity contribution in [3.63, 3.8) is 0 Å². The summed E-state index contributed by atoms with van der Waals surface area (Å²) in [5.74, 6) is 0.598. The van der Waals surface area contributed by atoms with Gasteiger partial charge in [-0.25, -0.2) is 0 Å². The zero-order valence-electron chi connectivity index (χ0n) is 13.3. The van der Waals surface area contributed by atoms with E-state index in [4.69, 9.17) is 10.2 Å². The van der Waals surface area contributed by atoms with Crippen LogP contribution in [0.3, 0.4) is 0 Å². The summed E-state index contributed by atoms with van der Waals surface area (Å²) in [6.45, 7) is 3.74. The Morgan fingerprint density at radius 1 is 1.08 bits per heavy atom. The zero-order valence-corrected chi connectivity index (χ0v) is 14.1. The van der Waals surface area contributed by atoms with Gasteiger partial charge in [0.15, 0.2) is 0 Å². The van der Waals surface area contributed by atoms with Gasteiger partial charge in [0.05, 0.1) is 4.90 Å². The van der Waals surface area contributed by atoms with Crippen LogP contribution < -0.4 is 11.1 Å². The Balaban J connectivity index is 1.85. The number of benzene rings is 2. The lowest BCUT2D eigenvalue weighted by Gasteiger charge is -2.06. The molecule has 0 aliphatic carbocycles. The molecule has 1 aromatic heterocycles. The minimum absolute atomic E-state index is 0.0961. The molecule has 2 aromatic carbocycles. The van der Waals surface area contributed by atoms with E-state index in [1.54, 1.807) is 24.3 Å². The molecule has 3 rings (SSSR count). The maximum atomic E-state index is 12.2. The highest BCUT2D eigenvalue weighted by Crippen LogP contribution is 2.22. The van der Waals surface area contributed by atoms with Crippen LogP contribution in [0.4, 0.5) is 5.69 Å². The van der Waals surface area contributed by atoms with Crippen molar-refractivity contribution in [3.05, 3.63) is 59.9 Å². The fraction of sp³-hybridized carbons (Fsp3) is 0.118. The van der Waals surface area contributed by atoms with Gasteiger partial charge in [-0.1, -0.05) is 17.7 Å². The number of furan rings is 1. The number of sulfonamides is 1. The van der Waals surface area contributed by atoms with Crippen molar-refractivity contribution in [2.75, 3.05) is 5.32 Å².